The lowest BCUT2D eigenvalue weighted by molar-refractivity contribution is 0.414. The zero-order chi connectivity index (χ0) is 20.6. The van der Waals surface area contributed by atoms with Crippen LogP contribution in [0.25, 0.3) is 0 Å². The Bertz CT molecular complexity index is 770. The molecular weight excluding hydrogens is 499 g/mol. The molecule has 29 heavy (non-hydrogen) atoms. The fourth-order valence-corrected chi connectivity index (χ4v) is 3.19. The van der Waals surface area contributed by atoms with Crippen molar-refractivity contribution in [3.05, 3.63) is 41.5 Å². The Labute approximate surface area is 195 Å². The SMILES string of the molecule is COc1ccc(CN=C(NCCSC(C)(C)C)NCc2nnc(C)n2C)cc1.I. The molecule has 0 aliphatic carbocycles. The molecule has 0 saturated heterocycles. The molecular formula is C20H33IN6OS. The summed E-state index contributed by atoms with van der Waals surface area (Å²) in [6.45, 7) is 10.6. The van der Waals surface area contributed by atoms with Gasteiger partial charge in [0.05, 0.1) is 20.2 Å². The van der Waals surface area contributed by atoms with Gasteiger partial charge in [-0.25, -0.2) is 4.99 Å². The van der Waals surface area contributed by atoms with Gasteiger partial charge >= 0.3 is 0 Å². The lowest BCUT2D eigenvalue weighted by atomic mass is 10.2. The third-order valence-electron chi connectivity index (χ3n) is 4.11. The van der Waals surface area contributed by atoms with E-state index in [2.05, 4.69) is 41.6 Å². The normalized spacial score (nSPS) is 11.7. The van der Waals surface area contributed by atoms with Gasteiger partial charge in [0, 0.05) is 24.1 Å². The van der Waals surface area contributed by atoms with Crippen LogP contribution in [0.3, 0.4) is 0 Å². The molecule has 0 bridgehead atoms. The van der Waals surface area contributed by atoms with Gasteiger partial charge in [-0.05, 0) is 24.6 Å². The highest BCUT2D eigenvalue weighted by Gasteiger charge is 2.10. The van der Waals surface area contributed by atoms with Gasteiger partial charge < -0.3 is 19.9 Å². The van der Waals surface area contributed by atoms with Gasteiger partial charge in [-0.2, -0.15) is 11.8 Å². The summed E-state index contributed by atoms with van der Waals surface area (Å²) in [4.78, 5) is 4.72. The topological polar surface area (TPSA) is 76.4 Å². The highest BCUT2D eigenvalue weighted by atomic mass is 127. The van der Waals surface area contributed by atoms with E-state index in [4.69, 9.17) is 9.73 Å². The first-order valence-corrected chi connectivity index (χ1v) is 10.4. The first-order valence-electron chi connectivity index (χ1n) is 9.42. The van der Waals surface area contributed by atoms with Crippen molar-refractivity contribution in [3.63, 3.8) is 0 Å². The molecule has 0 atom stereocenters. The van der Waals surface area contributed by atoms with E-state index in [-0.39, 0.29) is 28.7 Å². The Kier molecular flexibility index (Phi) is 10.8. The number of hydrogen-bond donors (Lipinski definition) is 2. The van der Waals surface area contributed by atoms with Crippen LogP contribution in [0.2, 0.25) is 0 Å². The Morgan fingerprint density at radius 2 is 1.86 bits per heavy atom. The average molecular weight is 532 g/mol. The van der Waals surface area contributed by atoms with Crippen molar-refractivity contribution in [3.8, 4) is 5.75 Å². The summed E-state index contributed by atoms with van der Waals surface area (Å²) in [7, 11) is 3.64. The first-order chi connectivity index (χ1) is 13.3. The Hall–Kier alpha value is -1.49. The van der Waals surface area contributed by atoms with Crippen molar-refractivity contribution < 1.29 is 4.74 Å². The second kappa shape index (κ2) is 12.3. The summed E-state index contributed by atoms with van der Waals surface area (Å²) in [5, 5.41) is 15.1. The zero-order valence-corrected chi connectivity index (χ0v) is 21.3. The van der Waals surface area contributed by atoms with Gasteiger partial charge in [0.25, 0.3) is 0 Å². The smallest absolute Gasteiger partial charge is 0.192 e. The van der Waals surface area contributed by atoms with Gasteiger partial charge in [-0.1, -0.05) is 32.9 Å². The third kappa shape index (κ3) is 9.24. The molecule has 0 amide bonds. The van der Waals surface area contributed by atoms with Crippen molar-refractivity contribution >= 4 is 41.7 Å². The largest absolute Gasteiger partial charge is 0.497 e. The van der Waals surface area contributed by atoms with Gasteiger partial charge in [0.1, 0.15) is 11.6 Å². The fourth-order valence-electron chi connectivity index (χ4n) is 2.37. The minimum atomic E-state index is 0. The number of rotatable bonds is 8. The first kappa shape index (κ1) is 25.5. The molecule has 162 valence electrons. The van der Waals surface area contributed by atoms with Crippen LogP contribution in [-0.4, -0.2) is 44.9 Å². The fraction of sp³-hybridized carbons (Fsp3) is 0.550. The Balaban J connectivity index is 0.00000420. The van der Waals surface area contributed by atoms with E-state index >= 15 is 0 Å². The molecule has 1 heterocycles. The minimum absolute atomic E-state index is 0. The quantitative estimate of drug-likeness (QED) is 0.235. The predicted octanol–water partition coefficient (Wildman–Crippen LogP) is 3.52. The maximum Gasteiger partial charge on any atom is 0.192 e. The lowest BCUT2D eigenvalue weighted by Gasteiger charge is -2.18. The van der Waals surface area contributed by atoms with E-state index in [0.717, 1.165) is 41.2 Å². The van der Waals surface area contributed by atoms with Crippen LogP contribution in [-0.2, 0) is 20.1 Å². The molecule has 1 aromatic carbocycles. The number of methoxy groups -OCH3 is 1. The van der Waals surface area contributed by atoms with E-state index in [9.17, 15) is 0 Å². The predicted molar refractivity (Wildman–Crippen MR) is 132 cm³/mol. The summed E-state index contributed by atoms with van der Waals surface area (Å²) in [6, 6.07) is 7.96. The van der Waals surface area contributed by atoms with Crippen LogP contribution in [0.15, 0.2) is 29.3 Å². The zero-order valence-electron chi connectivity index (χ0n) is 18.2. The molecule has 2 aromatic rings. The van der Waals surface area contributed by atoms with Crippen LogP contribution < -0.4 is 15.4 Å². The van der Waals surface area contributed by atoms with Crippen molar-refractivity contribution in [1.29, 1.82) is 0 Å². The lowest BCUT2D eigenvalue weighted by Crippen LogP contribution is -2.39. The summed E-state index contributed by atoms with van der Waals surface area (Å²) in [6.07, 6.45) is 0. The van der Waals surface area contributed by atoms with E-state index in [1.807, 2.05) is 54.6 Å². The number of benzene rings is 1. The Morgan fingerprint density at radius 3 is 2.41 bits per heavy atom. The molecule has 2 N–H and O–H groups in total. The molecule has 0 unspecified atom stereocenters. The molecule has 9 heteroatoms. The van der Waals surface area contributed by atoms with Crippen molar-refractivity contribution in [2.24, 2.45) is 12.0 Å². The monoisotopic (exact) mass is 532 g/mol. The van der Waals surface area contributed by atoms with Crippen LogP contribution in [0.1, 0.15) is 38.0 Å². The van der Waals surface area contributed by atoms with E-state index in [1.54, 1.807) is 7.11 Å². The van der Waals surface area contributed by atoms with Crippen molar-refractivity contribution in [2.75, 3.05) is 19.4 Å². The highest BCUT2D eigenvalue weighted by Crippen LogP contribution is 2.22. The van der Waals surface area contributed by atoms with Gasteiger partial charge in [-0.15, -0.1) is 34.2 Å². The number of guanidine groups is 1. The van der Waals surface area contributed by atoms with Crippen LogP contribution >= 0.6 is 35.7 Å². The molecule has 1 aromatic heterocycles. The average Bonchev–Trinajstić information content (AvgIpc) is 2.98. The van der Waals surface area contributed by atoms with Gasteiger partial charge in [0.2, 0.25) is 0 Å². The van der Waals surface area contributed by atoms with Crippen LogP contribution in [0.5, 0.6) is 5.75 Å². The molecule has 0 fully saturated rings. The Morgan fingerprint density at radius 1 is 1.17 bits per heavy atom. The van der Waals surface area contributed by atoms with Crippen LogP contribution in [0.4, 0.5) is 0 Å². The number of nitrogens with zero attached hydrogens (tertiary/aromatic N) is 4. The molecule has 0 saturated carbocycles. The van der Waals surface area contributed by atoms with Crippen molar-refractivity contribution in [2.45, 2.75) is 45.5 Å². The summed E-state index contributed by atoms with van der Waals surface area (Å²) in [5.74, 6) is 4.39. The number of halogens is 1. The van der Waals surface area contributed by atoms with E-state index < -0.39 is 0 Å². The number of aliphatic imine (C=N–C) groups is 1. The molecule has 0 spiro atoms. The minimum Gasteiger partial charge on any atom is -0.497 e. The highest BCUT2D eigenvalue weighted by molar-refractivity contribution is 14.0. The molecule has 0 radical (unpaired) electrons. The number of aryl methyl sites for hydroxylation is 1. The number of nitrogens with one attached hydrogen (secondary N) is 2. The molecule has 0 aliphatic heterocycles. The molecule has 7 nitrogen and oxygen atoms in total. The summed E-state index contributed by atoms with van der Waals surface area (Å²) < 4.78 is 7.44. The second-order valence-electron chi connectivity index (χ2n) is 7.48. The van der Waals surface area contributed by atoms with Crippen molar-refractivity contribution in [1.82, 2.24) is 25.4 Å². The number of thioether (sulfide) groups is 1. The van der Waals surface area contributed by atoms with E-state index in [1.165, 1.54) is 0 Å². The maximum atomic E-state index is 5.21. The van der Waals surface area contributed by atoms with Gasteiger partial charge in [-0.3, -0.25) is 0 Å². The van der Waals surface area contributed by atoms with Gasteiger partial charge in [0.15, 0.2) is 11.8 Å². The molecule has 2 rings (SSSR count). The number of ether oxygens (including phenoxy) is 1. The summed E-state index contributed by atoms with van der Waals surface area (Å²) in [5.41, 5.74) is 1.13. The number of hydrogen-bond acceptors (Lipinski definition) is 5. The number of aromatic nitrogens is 3. The van der Waals surface area contributed by atoms with E-state index in [0.29, 0.717) is 13.1 Å². The standard InChI is InChI=1S/C20H32N6OS.HI/c1-15-24-25-18(26(15)5)14-23-19(21-11-12-28-20(2,3)4)22-13-16-7-9-17(27-6)10-8-16;/h7-10H,11-14H2,1-6H3,(H2,21,22,23);1H. The van der Waals surface area contributed by atoms with Crippen LogP contribution in [0, 0.1) is 6.92 Å². The maximum absolute atomic E-state index is 5.21. The second-order valence-corrected chi connectivity index (χ2v) is 9.40. The molecule has 0 aliphatic rings. The summed E-state index contributed by atoms with van der Waals surface area (Å²) >= 11 is 1.93. The third-order valence-corrected chi connectivity index (χ3v) is 5.38.